The van der Waals surface area contributed by atoms with Gasteiger partial charge in [-0.1, -0.05) is 155 Å². The largest absolute Gasteiger partial charge is 0.277 e. The van der Waals surface area contributed by atoms with Crippen molar-refractivity contribution in [3.05, 3.63) is 156 Å². The quantitative estimate of drug-likeness (QED) is 0.195. The second-order valence-electron chi connectivity index (χ2n) is 14.4. The van der Waals surface area contributed by atoms with E-state index in [0.717, 1.165) is 16.6 Å². The molecule has 0 atom stereocenters. The number of rotatable bonds is 3. The molecule has 4 heteroatoms. The molecule has 0 radical (unpaired) electrons. The molecule has 8 aromatic rings. The van der Waals surface area contributed by atoms with Crippen LogP contribution < -0.4 is 0 Å². The van der Waals surface area contributed by atoms with Gasteiger partial charge in [-0.05, 0) is 50.6 Å². The van der Waals surface area contributed by atoms with Gasteiger partial charge in [0.05, 0.1) is 11.0 Å². The first-order valence-corrected chi connectivity index (χ1v) is 17.1. The van der Waals surface area contributed by atoms with Crippen molar-refractivity contribution in [1.82, 2.24) is 19.5 Å². The fourth-order valence-corrected chi connectivity index (χ4v) is 8.86. The highest BCUT2D eigenvalue weighted by atomic mass is 15.2. The van der Waals surface area contributed by atoms with Crippen molar-refractivity contribution in [3.8, 4) is 51.0 Å². The van der Waals surface area contributed by atoms with Crippen molar-refractivity contribution in [2.45, 2.75) is 38.5 Å². The minimum absolute atomic E-state index is 0.185. The Kier molecular flexibility index (Phi) is 5.65. The molecule has 2 aliphatic carbocycles. The van der Waals surface area contributed by atoms with E-state index in [1.54, 1.807) is 0 Å². The molecule has 0 spiro atoms. The minimum Gasteiger partial charge on any atom is -0.277 e. The maximum atomic E-state index is 5.30. The van der Waals surface area contributed by atoms with Crippen LogP contribution in [0.15, 0.2) is 133 Å². The summed E-state index contributed by atoms with van der Waals surface area (Å²) in [7, 11) is 0. The van der Waals surface area contributed by atoms with E-state index in [1.807, 2.05) is 36.4 Å². The van der Waals surface area contributed by atoms with Crippen molar-refractivity contribution >= 4 is 21.8 Å². The number of hydrogen-bond acceptors (Lipinski definition) is 3. The molecule has 234 valence electrons. The second kappa shape index (κ2) is 9.83. The molecule has 2 aliphatic rings. The van der Waals surface area contributed by atoms with E-state index >= 15 is 0 Å². The number of nitrogens with zero attached hydrogens (tertiary/aromatic N) is 4. The van der Waals surface area contributed by atoms with Crippen LogP contribution in [0.1, 0.15) is 49.9 Å². The molecule has 4 nitrogen and oxygen atoms in total. The van der Waals surface area contributed by atoms with E-state index in [9.17, 15) is 0 Å². The summed E-state index contributed by atoms with van der Waals surface area (Å²) >= 11 is 0. The summed E-state index contributed by atoms with van der Waals surface area (Å²) in [6.07, 6.45) is 0. The van der Waals surface area contributed by atoms with Gasteiger partial charge in [0.15, 0.2) is 11.6 Å². The van der Waals surface area contributed by atoms with Crippen LogP contribution in [0.25, 0.3) is 72.8 Å². The van der Waals surface area contributed by atoms with Gasteiger partial charge in [0.1, 0.15) is 0 Å². The van der Waals surface area contributed by atoms with Crippen molar-refractivity contribution in [1.29, 1.82) is 0 Å². The standard InChI is InChI=1S/C45H34N4/c1-44(2)32-24-14-11-21-29(32)35-36-31-23-13-16-26-34(31)49(40(36)39-37(38(35)44)30-22-12-15-25-33(30)45(39,3)4)43-47-41(27-17-7-5-8-18-27)46-42(48-43)28-19-9-6-10-20-28/h5-26H,1-4H3. The lowest BCUT2D eigenvalue weighted by Crippen LogP contribution is -2.20. The number of aromatic nitrogens is 4. The summed E-state index contributed by atoms with van der Waals surface area (Å²) in [6, 6.07) is 47.3. The lowest BCUT2D eigenvalue weighted by atomic mass is 9.76. The van der Waals surface area contributed by atoms with Crippen LogP contribution in [-0.4, -0.2) is 19.5 Å². The molecular weight excluding hydrogens is 597 g/mol. The lowest BCUT2D eigenvalue weighted by molar-refractivity contribution is 0.650. The maximum Gasteiger partial charge on any atom is 0.238 e. The first-order chi connectivity index (χ1) is 23.9. The van der Waals surface area contributed by atoms with Gasteiger partial charge in [0, 0.05) is 32.7 Å². The summed E-state index contributed by atoms with van der Waals surface area (Å²) in [6.45, 7) is 9.58. The lowest BCUT2D eigenvalue weighted by Gasteiger charge is -2.28. The number of fused-ring (bicyclic) bond motifs is 12. The van der Waals surface area contributed by atoms with Crippen molar-refractivity contribution in [3.63, 3.8) is 0 Å². The van der Waals surface area contributed by atoms with Gasteiger partial charge in [-0.15, -0.1) is 0 Å². The Balaban J connectivity index is 1.44. The van der Waals surface area contributed by atoms with E-state index in [-0.39, 0.29) is 10.8 Å². The molecule has 0 unspecified atom stereocenters. The Morgan fingerprint density at radius 1 is 0.469 bits per heavy atom. The molecule has 0 amide bonds. The monoisotopic (exact) mass is 630 g/mol. The molecule has 2 heterocycles. The highest BCUT2D eigenvalue weighted by Crippen LogP contribution is 2.63. The zero-order chi connectivity index (χ0) is 33.1. The Hall–Kier alpha value is -5.87. The van der Waals surface area contributed by atoms with Crippen LogP contribution in [0.2, 0.25) is 0 Å². The van der Waals surface area contributed by atoms with Crippen molar-refractivity contribution < 1.29 is 0 Å². The number of para-hydroxylation sites is 1. The number of hydrogen-bond donors (Lipinski definition) is 0. The molecule has 0 aliphatic heterocycles. The van der Waals surface area contributed by atoms with Crippen molar-refractivity contribution in [2.24, 2.45) is 0 Å². The van der Waals surface area contributed by atoms with Crippen LogP contribution in [0, 0.1) is 0 Å². The van der Waals surface area contributed by atoms with Crippen LogP contribution in [0.4, 0.5) is 0 Å². The molecular formula is C45H34N4. The summed E-state index contributed by atoms with van der Waals surface area (Å²) in [5.41, 5.74) is 14.5. The van der Waals surface area contributed by atoms with E-state index in [0.29, 0.717) is 17.6 Å². The zero-order valence-electron chi connectivity index (χ0n) is 28.0. The Labute approximate surface area is 285 Å². The number of benzene rings is 6. The van der Waals surface area contributed by atoms with E-state index in [4.69, 9.17) is 15.0 Å². The van der Waals surface area contributed by atoms with Crippen LogP contribution in [-0.2, 0) is 10.8 Å². The summed E-state index contributed by atoms with van der Waals surface area (Å²) < 4.78 is 2.34. The average molecular weight is 631 g/mol. The van der Waals surface area contributed by atoms with Gasteiger partial charge < -0.3 is 0 Å². The zero-order valence-corrected chi connectivity index (χ0v) is 28.0. The molecule has 0 fully saturated rings. The van der Waals surface area contributed by atoms with Gasteiger partial charge in [-0.3, -0.25) is 4.57 Å². The molecule has 2 aromatic heterocycles. The first-order valence-electron chi connectivity index (χ1n) is 17.1. The molecule has 6 aromatic carbocycles. The van der Waals surface area contributed by atoms with Gasteiger partial charge in [0.2, 0.25) is 5.95 Å². The molecule has 0 N–H and O–H groups in total. The summed E-state index contributed by atoms with van der Waals surface area (Å²) in [5, 5.41) is 2.48. The van der Waals surface area contributed by atoms with E-state index in [2.05, 4.69) is 129 Å². The van der Waals surface area contributed by atoms with Gasteiger partial charge in [0.25, 0.3) is 0 Å². The van der Waals surface area contributed by atoms with Crippen molar-refractivity contribution in [2.75, 3.05) is 0 Å². The van der Waals surface area contributed by atoms with Gasteiger partial charge in [-0.2, -0.15) is 9.97 Å². The molecule has 0 saturated heterocycles. The predicted octanol–water partition coefficient (Wildman–Crippen LogP) is 10.9. The molecule has 49 heavy (non-hydrogen) atoms. The SMILES string of the molecule is CC1(C)c2ccccc2-c2c1c1c(c3c2c2ccccc2n3-c2nc(-c3ccccc3)nc(-c3ccccc3)n2)C(C)(C)c2ccccc2-1. The van der Waals surface area contributed by atoms with Gasteiger partial charge >= 0.3 is 0 Å². The van der Waals surface area contributed by atoms with E-state index < -0.39 is 0 Å². The second-order valence-corrected chi connectivity index (χ2v) is 14.4. The summed E-state index contributed by atoms with van der Waals surface area (Å²) in [5.74, 6) is 1.93. The summed E-state index contributed by atoms with van der Waals surface area (Å²) in [4.78, 5) is 15.7. The van der Waals surface area contributed by atoms with Gasteiger partial charge in [-0.25, -0.2) is 4.98 Å². The average Bonchev–Trinajstić information content (AvgIpc) is 3.69. The van der Waals surface area contributed by atoms with E-state index in [1.165, 1.54) is 60.8 Å². The Morgan fingerprint density at radius 3 is 1.57 bits per heavy atom. The first kappa shape index (κ1) is 28.2. The smallest absolute Gasteiger partial charge is 0.238 e. The fourth-order valence-electron chi connectivity index (χ4n) is 8.86. The van der Waals surface area contributed by atoms with Crippen LogP contribution >= 0.6 is 0 Å². The fraction of sp³-hybridized carbons (Fsp3) is 0.133. The topological polar surface area (TPSA) is 43.6 Å². The van der Waals surface area contributed by atoms with Crippen LogP contribution in [0.3, 0.4) is 0 Å². The molecule has 0 saturated carbocycles. The maximum absolute atomic E-state index is 5.30. The predicted molar refractivity (Wildman–Crippen MR) is 200 cm³/mol. The highest BCUT2D eigenvalue weighted by molar-refractivity contribution is 6.22. The third-order valence-corrected chi connectivity index (χ3v) is 11.0. The molecule has 0 bridgehead atoms. The van der Waals surface area contributed by atoms with Crippen LogP contribution in [0.5, 0.6) is 0 Å². The third kappa shape index (κ3) is 3.72. The normalized spacial score (nSPS) is 14.9. The third-order valence-electron chi connectivity index (χ3n) is 11.0. The Bertz CT molecular complexity index is 2590. The molecule has 10 rings (SSSR count). The minimum atomic E-state index is -0.270. The highest BCUT2D eigenvalue weighted by Gasteiger charge is 2.47. The Morgan fingerprint density at radius 2 is 0.959 bits per heavy atom.